The molecule has 1 aromatic heterocycles. The minimum atomic E-state index is -0.184. The molecule has 1 aliphatic carbocycles. The number of nitrogens with two attached hydrogens (primary N) is 1. The molecule has 1 aliphatic rings. The van der Waals surface area contributed by atoms with E-state index < -0.39 is 0 Å². The molecule has 1 fully saturated rings. The summed E-state index contributed by atoms with van der Waals surface area (Å²) in [7, 11) is 0. The maximum atomic E-state index is 9.80. The molecule has 0 aromatic carbocycles. The number of hydrazine groups is 1. The first-order valence-corrected chi connectivity index (χ1v) is 6.99. The van der Waals surface area contributed by atoms with Crippen molar-refractivity contribution in [2.24, 2.45) is 11.8 Å². The van der Waals surface area contributed by atoms with Crippen LogP contribution in [0.25, 0.3) is 0 Å². The Hall–Kier alpha value is -1.40. The number of aliphatic hydroxyl groups is 1. The van der Waals surface area contributed by atoms with E-state index in [0.717, 1.165) is 50.3 Å². The Labute approximate surface area is 113 Å². The molecule has 2 unspecified atom stereocenters. The van der Waals surface area contributed by atoms with Crippen molar-refractivity contribution in [1.29, 1.82) is 0 Å². The normalized spacial score (nSPS) is 22.5. The Morgan fingerprint density at radius 3 is 2.79 bits per heavy atom. The predicted octanol–water partition coefficient (Wildman–Crippen LogP) is 1.29. The second kappa shape index (κ2) is 6.68. The van der Waals surface area contributed by atoms with Crippen LogP contribution in [0.2, 0.25) is 0 Å². The smallest absolute Gasteiger partial charge is 0.145 e. The van der Waals surface area contributed by atoms with E-state index in [-0.39, 0.29) is 6.10 Å². The van der Waals surface area contributed by atoms with E-state index in [1.807, 2.05) is 0 Å². The van der Waals surface area contributed by atoms with Crippen LogP contribution in [0.5, 0.6) is 0 Å². The van der Waals surface area contributed by atoms with Crippen molar-refractivity contribution in [3.8, 4) is 0 Å². The quantitative estimate of drug-likeness (QED) is 0.457. The van der Waals surface area contributed by atoms with Crippen LogP contribution in [0.4, 0.5) is 11.6 Å². The predicted molar refractivity (Wildman–Crippen MR) is 75.7 cm³/mol. The van der Waals surface area contributed by atoms with Gasteiger partial charge < -0.3 is 15.8 Å². The number of nitrogen functional groups attached to an aromatic ring is 1. The lowest BCUT2D eigenvalue weighted by Crippen LogP contribution is -2.22. The zero-order valence-electron chi connectivity index (χ0n) is 11.4. The molecule has 6 heteroatoms. The summed E-state index contributed by atoms with van der Waals surface area (Å²) in [4.78, 5) is 8.76. The summed E-state index contributed by atoms with van der Waals surface area (Å²) in [5.74, 6) is 7.91. The third-order valence-electron chi connectivity index (χ3n) is 3.56. The van der Waals surface area contributed by atoms with Crippen LogP contribution in [-0.2, 0) is 6.42 Å². The van der Waals surface area contributed by atoms with E-state index in [0.29, 0.717) is 11.7 Å². The van der Waals surface area contributed by atoms with Gasteiger partial charge in [-0.05, 0) is 19.3 Å². The van der Waals surface area contributed by atoms with Crippen LogP contribution >= 0.6 is 0 Å². The van der Waals surface area contributed by atoms with Crippen LogP contribution in [0, 0.1) is 5.92 Å². The highest BCUT2D eigenvalue weighted by molar-refractivity contribution is 5.46. The van der Waals surface area contributed by atoms with Crippen LogP contribution < -0.4 is 16.6 Å². The minimum absolute atomic E-state index is 0.184. The molecule has 1 saturated carbocycles. The van der Waals surface area contributed by atoms with Crippen molar-refractivity contribution in [3.63, 3.8) is 0 Å². The summed E-state index contributed by atoms with van der Waals surface area (Å²) in [5.41, 5.74) is 2.56. The van der Waals surface area contributed by atoms with Gasteiger partial charge in [0.15, 0.2) is 0 Å². The zero-order valence-corrected chi connectivity index (χ0v) is 11.4. The summed E-state index contributed by atoms with van der Waals surface area (Å²) in [6.07, 6.45) is 4.73. The monoisotopic (exact) mass is 265 g/mol. The van der Waals surface area contributed by atoms with Gasteiger partial charge in [-0.1, -0.05) is 13.3 Å². The van der Waals surface area contributed by atoms with Gasteiger partial charge in [0.05, 0.1) is 6.10 Å². The summed E-state index contributed by atoms with van der Waals surface area (Å²) in [6.45, 7) is 2.83. The first kappa shape index (κ1) is 14.0. The lowest BCUT2D eigenvalue weighted by molar-refractivity contribution is 0.138. The molecule has 19 heavy (non-hydrogen) atoms. The Balaban J connectivity index is 2.00. The fraction of sp³-hybridized carbons (Fsp3) is 0.692. The molecule has 6 nitrogen and oxygen atoms in total. The number of nitrogens with one attached hydrogen (secondary N) is 2. The van der Waals surface area contributed by atoms with Gasteiger partial charge in [0.2, 0.25) is 0 Å². The van der Waals surface area contributed by atoms with Gasteiger partial charge in [-0.25, -0.2) is 15.8 Å². The standard InChI is InChI=1S/C13H23N5O/c1-2-4-11-16-12(7-13(17-11)18-14)15-8-9-5-3-6-10(9)19/h7,9-10,19H,2-6,8,14H2,1H3,(H2,15,16,17,18). The lowest BCUT2D eigenvalue weighted by atomic mass is 10.1. The first-order valence-electron chi connectivity index (χ1n) is 6.99. The largest absolute Gasteiger partial charge is 0.393 e. The molecule has 5 N–H and O–H groups in total. The average Bonchev–Trinajstić information content (AvgIpc) is 2.82. The van der Waals surface area contributed by atoms with Crippen molar-refractivity contribution in [2.75, 3.05) is 17.3 Å². The molecule has 0 amide bonds. The highest BCUT2D eigenvalue weighted by Crippen LogP contribution is 2.25. The Bertz CT molecular complexity index is 412. The number of aromatic nitrogens is 2. The number of anilines is 2. The SMILES string of the molecule is CCCc1nc(NN)cc(NCC2CCCC2O)n1. The highest BCUT2D eigenvalue weighted by Gasteiger charge is 2.24. The highest BCUT2D eigenvalue weighted by atomic mass is 16.3. The second-order valence-corrected chi connectivity index (χ2v) is 5.09. The molecule has 1 heterocycles. The number of hydrogen-bond donors (Lipinski definition) is 4. The molecule has 0 radical (unpaired) electrons. The maximum Gasteiger partial charge on any atom is 0.145 e. The molecule has 0 saturated heterocycles. The van der Waals surface area contributed by atoms with E-state index >= 15 is 0 Å². The van der Waals surface area contributed by atoms with E-state index in [4.69, 9.17) is 5.84 Å². The van der Waals surface area contributed by atoms with Gasteiger partial charge in [0.1, 0.15) is 17.5 Å². The van der Waals surface area contributed by atoms with Gasteiger partial charge >= 0.3 is 0 Å². The average molecular weight is 265 g/mol. The minimum Gasteiger partial charge on any atom is -0.393 e. The topological polar surface area (TPSA) is 96.1 Å². The molecule has 0 spiro atoms. The molecular formula is C13H23N5O. The van der Waals surface area contributed by atoms with Crippen molar-refractivity contribution >= 4 is 11.6 Å². The van der Waals surface area contributed by atoms with Crippen molar-refractivity contribution in [1.82, 2.24) is 9.97 Å². The molecular weight excluding hydrogens is 242 g/mol. The van der Waals surface area contributed by atoms with E-state index in [1.54, 1.807) is 6.07 Å². The van der Waals surface area contributed by atoms with Crippen molar-refractivity contribution in [3.05, 3.63) is 11.9 Å². The van der Waals surface area contributed by atoms with E-state index in [9.17, 15) is 5.11 Å². The van der Waals surface area contributed by atoms with Crippen LogP contribution in [-0.4, -0.2) is 27.7 Å². The molecule has 1 aromatic rings. The first-order chi connectivity index (χ1) is 9.22. The van der Waals surface area contributed by atoms with Crippen LogP contribution in [0.1, 0.15) is 38.4 Å². The lowest BCUT2D eigenvalue weighted by Gasteiger charge is -2.16. The summed E-state index contributed by atoms with van der Waals surface area (Å²) in [5, 5.41) is 13.1. The number of aryl methyl sites for hydroxylation is 1. The molecule has 0 bridgehead atoms. The van der Waals surface area contributed by atoms with Crippen molar-refractivity contribution < 1.29 is 5.11 Å². The van der Waals surface area contributed by atoms with Crippen LogP contribution in [0.3, 0.4) is 0 Å². The van der Waals surface area contributed by atoms with Crippen LogP contribution in [0.15, 0.2) is 6.07 Å². The van der Waals surface area contributed by atoms with E-state index in [2.05, 4.69) is 27.6 Å². The molecule has 2 rings (SSSR count). The third-order valence-corrected chi connectivity index (χ3v) is 3.56. The van der Waals surface area contributed by atoms with Gasteiger partial charge in [0, 0.05) is 24.9 Å². The summed E-state index contributed by atoms with van der Waals surface area (Å²) in [6, 6.07) is 1.79. The Morgan fingerprint density at radius 2 is 2.16 bits per heavy atom. The molecule has 106 valence electrons. The Kier molecular flexibility index (Phi) is 4.93. The van der Waals surface area contributed by atoms with Gasteiger partial charge in [-0.15, -0.1) is 0 Å². The number of aliphatic hydroxyl groups excluding tert-OH is 1. The second-order valence-electron chi connectivity index (χ2n) is 5.09. The van der Waals surface area contributed by atoms with Gasteiger partial charge in [-0.2, -0.15) is 0 Å². The Morgan fingerprint density at radius 1 is 1.37 bits per heavy atom. The van der Waals surface area contributed by atoms with E-state index in [1.165, 1.54) is 0 Å². The molecule has 2 atom stereocenters. The third kappa shape index (κ3) is 3.78. The van der Waals surface area contributed by atoms with Gasteiger partial charge in [0.25, 0.3) is 0 Å². The fourth-order valence-corrected chi connectivity index (χ4v) is 2.49. The number of rotatable bonds is 6. The number of hydrogen-bond acceptors (Lipinski definition) is 6. The maximum absolute atomic E-state index is 9.80. The number of nitrogens with zero attached hydrogens (tertiary/aromatic N) is 2. The molecule has 0 aliphatic heterocycles. The summed E-state index contributed by atoms with van der Waals surface area (Å²) >= 11 is 0. The summed E-state index contributed by atoms with van der Waals surface area (Å²) < 4.78 is 0. The van der Waals surface area contributed by atoms with Gasteiger partial charge in [-0.3, -0.25) is 0 Å². The van der Waals surface area contributed by atoms with Crippen molar-refractivity contribution in [2.45, 2.75) is 45.1 Å². The zero-order chi connectivity index (χ0) is 13.7. The fourth-order valence-electron chi connectivity index (χ4n) is 2.49.